The standard InChI is InChI=1S/C17H11BrO3.C15H9BrO2/c1-10(19)21-12-7-8-13-14(9-12)17(20)16(18)15(13)11-5-3-2-4-6-11;16-14-13(9-4-2-1-3-5-9)11-7-6-10(17)8-12(11)15(14)18/h2-9H,1H3;1-8,17H. The van der Waals surface area contributed by atoms with E-state index in [1.807, 2.05) is 66.7 Å². The largest absolute Gasteiger partial charge is 0.508 e. The molecule has 39 heavy (non-hydrogen) atoms. The van der Waals surface area contributed by atoms with Crippen LogP contribution in [0.2, 0.25) is 0 Å². The molecule has 1 N–H and O–H groups in total. The Bertz CT molecular complexity index is 1700. The van der Waals surface area contributed by atoms with Crippen molar-refractivity contribution in [3.63, 3.8) is 0 Å². The van der Waals surface area contributed by atoms with E-state index in [0.29, 0.717) is 25.8 Å². The fraction of sp³-hybridized carbons (Fsp3) is 0.0312. The van der Waals surface area contributed by atoms with Crippen LogP contribution in [0.3, 0.4) is 0 Å². The molecule has 192 valence electrons. The zero-order valence-corrected chi connectivity index (χ0v) is 23.7. The predicted octanol–water partition coefficient (Wildman–Crippen LogP) is 7.71. The zero-order chi connectivity index (χ0) is 27.7. The number of halogens is 2. The maximum Gasteiger partial charge on any atom is 0.308 e. The molecular formula is C32H20Br2O5. The van der Waals surface area contributed by atoms with Gasteiger partial charge in [-0.15, -0.1) is 0 Å². The number of fused-ring (bicyclic) bond motifs is 2. The number of hydrogen-bond donors (Lipinski definition) is 1. The van der Waals surface area contributed by atoms with Crippen LogP contribution in [0.25, 0.3) is 11.1 Å². The fourth-order valence-corrected chi connectivity index (χ4v) is 5.88. The van der Waals surface area contributed by atoms with Gasteiger partial charge in [0.05, 0.1) is 8.96 Å². The Labute approximate surface area is 241 Å². The predicted molar refractivity (Wildman–Crippen MR) is 157 cm³/mol. The highest BCUT2D eigenvalue weighted by molar-refractivity contribution is 9.12. The Morgan fingerprint density at radius 3 is 1.59 bits per heavy atom. The summed E-state index contributed by atoms with van der Waals surface area (Å²) in [5.74, 6) is -0.103. The van der Waals surface area contributed by atoms with Gasteiger partial charge in [-0.1, -0.05) is 60.7 Å². The first kappa shape index (κ1) is 26.5. The van der Waals surface area contributed by atoms with Crippen molar-refractivity contribution < 1.29 is 24.2 Å². The van der Waals surface area contributed by atoms with E-state index >= 15 is 0 Å². The lowest BCUT2D eigenvalue weighted by atomic mass is 9.99. The Balaban J connectivity index is 0.000000160. The van der Waals surface area contributed by atoms with E-state index in [-0.39, 0.29) is 17.3 Å². The minimum Gasteiger partial charge on any atom is -0.508 e. The van der Waals surface area contributed by atoms with Crippen LogP contribution in [0.4, 0.5) is 0 Å². The number of phenols is 1. The van der Waals surface area contributed by atoms with Gasteiger partial charge in [0.25, 0.3) is 0 Å². The van der Waals surface area contributed by atoms with Crippen LogP contribution in [0.1, 0.15) is 49.9 Å². The Morgan fingerprint density at radius 1 is 0.641 bits per heavy atom. The molecule has 7 heteroatoms. The Hall–Kier alpha value is -4.07. The first-order chi connectivity index (χ1) is 18.8. The third-order valence-corrected chi connectivity index (χ3v) is 7.76. The number of benzene rings is 4. The molecule has 4 aromatic carbocycles. The number of aromatic hydroxyl groups is 1. The lowest BCUT2D eigenvalue weighted by molar-refractivity contribution is -0.131. The number of ether oxygens (including phenoxy) is 1. The third-order valence-electron chi connectivity index (χ3n) is 6.25. The number of hydrogen-bond acceptors (Lipinski definition) is 5. The van der Waals surface area contributed by atoms with Crippen molar-refractivity contribution in [2.24, 2.45) is 0 Å². The third kappa shape index (κ3) is 5.15. The molecule has 5 nitrogen and oxygen atoms in total. The van der Waals surface area contributed by atoms with E-state index in [0.717, 1.165) is 33.4 Å². The number of Topliss-reactive ketones (excluding diaryl/α,β-unsaturated/α-hetero) is 2. The molecule has 6 rings (SSSR count). The summed E-state index contributed by atoms with van der Waals surface area (Å²) in [5.41, 5.74) is 6.49. The summed E-state index contributed by atoms with van der Waals surface area (Å²) >= 11 is 6.75. The Morgan fingerprint density at radius 2 is 1.10 bits per heavy atom. The van der Waals surface area contributed by atoms with E-state index in [4.69, 9.17) is 4.74 Å². The summed E-state index contributed by atoms with van der Waals surface area (Å²) in [4.78, 5) is 35.5. The van der Waals surface area contributed by atoms with Crippen molar-refractivity contribution >= 4 is 60.5 Å². The van der Waals surface area contributed by atoms with Gasteiger partial charge in [-0.25, -0.2) is 0 Å². The van der Waals surface area contributed by atoms with Crippen LogP contribution < -0.4 is 4.74 Å². The number of allylic oxidation sites excluding steroid dienone is 2. The Kier molecular flexibility index (Phi) is 7.46. The van der Waals surface area contributed by atoms with Gasteiger partial charge < -0.3 is 9.84 Å². The number of phenolic OH excluding ortho intramolecular Hbond substituents is 1. The summed E-state index contributed by atoms with van der Waals surface area (Å²) in [6.07, 6.45) is 0. The van der Waals surface area contributed by atoms with Crippen molar-refractivity contribution in [3.8, 4) is 11.5 Å². The molecule has 0 radical (unpaired) electrons. The molecule has 0 heterocycles. The van der Waals surface area contributed by atoms with Crippen molar-refractivity contribution in [2.45, 2.75) is 6.92 Å². The van der Waals surface area contributed by atoms with Crippen molar-refractivity contribution in [1.29, 1.82) is 0 Å². The summed E-state index contributed by atoms with van der Waals surface area (Å²) in [6, 6.07) is 29.4. The molecule has 0 atom stereocenters. The molecule has 0 aliphatic heterocycles. The SMILES string of the molecule is CC(=O)Oc1ccc2c(c1)C(=O)C(Br)=C2c1ccccc1.O=C1C(Br)=C(c2ccccc2)c2ccc(O)cc21. The molecule has 0 aromatic heterocycles. The van der Waals surface area contributed by atoms with Gasteiger partial charge in [0.15, 0.2) is 0 Å². The highest BCUT2D eigenvalue weighted by Gasteiger charge is 2.30. The second-order valence-corrected chi connectivity index (χ2v) is 10.4. The number of carbonyl (C=O) groups is 3. The average Bonchev–Trinajstić information content (AvgIpc) is 3.33. The van der Waals surface area contributed by atoms with Crippen LogP contribution >= 0.6 is 31.9 Å². The molecule has 2 aliphatic rings. The topological polar surface area (TPSA) is 80.7 Å². The monoisotopic (exact) mass is 642 g/mol. The molecule has 4 aromatic rings. The lowest BCUT2D eigenvalue weighted by Crippen LogP contribution is -2.03. The minimum absolute atomic E-state index is 0.0836. The molecule has 0 saturated carbocycles. The number of carbonyl (C=O) groups excluding carboxylic acids is 3. The van der Waals surface area contributed by atoms with Crippen LogP contribution in [0, 0.1) is 0 Å². The van der Waals surface area contributed by atoms with Crippen molar-refractivity contribution in [3.05, 3.63) is 139 Å². The molecule has 0 spiro atoms. The molecule has 0 unspecified atom stereocenters. The van der Waals surface area contributed by atoms with Gasteiger partial charge >= 0.3 is 5.97 Å². The summed E-state index contributed by atoms with van der Waals surface area (Å²) < 4.78 is 6.12. The molecule has 0 saturated heterocycles. The average molecular weight is 644 g/mol. The van der Waals surface area contributed by atoms with Crippen molar-refractivity contribution in [1.82, 2.24) is 0 Å². The second-order valence-electron chi connectivity index (χ2n) is 8.80. The molecule has 2 aliphatic carbocycles. The highest BCUT2D eigenvalue weighted by atomic mass is 79.9. The van der Waals surface area contributed by atoms with E-state index in [1.54, 1.807) is 24.3 Å². The van der Waals surface area contributed by atoms with E-state index < -0.39 is 5.97 Å². The first-order valence-corrected chi connectivity index (χ1v) is 13.5. The summed E-state index contributed by atoms with van der Waals surface area (Å²) in [5, 5.41) is 9.47. The van der Waals surface area contributed by atoms with Crippen LogP contribution in [-0.2, 0) is 4.79 Å². The molecule has 0 amide bonds. The van der Waals surface area contributed by atoms with Gasteiger partial charge in [0.1, 0.15) is 11.5 Å². The smallest absolute Gasteiger partial charge is 0.308 e. The molecular weight excluding hydrogens is 624 g/mol. The first-order valence-electron chi connectivity index (χ1n) is 11.9. The fourth-order valence-electron chi connectivity index (χ4n) is 4.57. The maximum atomic E-state index is 12.4. The van der Waals surface area contributed by atoms with Crippen LogP contribution in [-0.4, -0.2) is 22.6 Å². The van der Waals surface area contributed by atoms with Gasteiger partial charge in [0, 0.05) is 29.2 Å². The molecule has 0 bridgehead atoms. The highest BCUT2D eigenvalue weighted by Crippen LogP contribution is 2.42. The summed E-state index contributed by atoms with van der Waals surface area (Å²) in [7, 11) is 0. The number of rotatable bonds is 3. The number of ketones is 2. The quantitative estimate of drug-likeness (QED) is 0.183. The number of esters is 1. The lowest BCUT2D eigenvalue weighted by Gasteiger charge is -2.07. The normalized spacial score (nSPS) is 13.6. The van der Waals surface area contributed by atoms with Crippen molar-refractivity contribution in [2.75, 3.05) is 0 Å². The summed E-state index contributed by atoms with van der Waals surface area (Å²) in [6.45, 7) is 1.33. The minimum atomic E-state index is -0.407. The van der Waals surface area contributed by atoms with Crippen LogP contribution in [0.5, 0.6) is 11.5 Å². The second kappa shape index (κ2) is 11.0. The van der Waals surface area contributed by atoms with E-state index in [2.05, 4.69) is 31.9 Å². The van der Waals surface area contributed by atoms with Gasteiger partial charge in [-0.05, 0) is 90.5 Å². The van der Waals surface area contributed by atoms with E-state index in [9.17, 15) is 19.5 Å². The molecule has 0 fully saturated rings. The van der Waals surface area contributed by atoms with Crippen LogP contribution in [0.15, 0.2) is 106 Å². The zero-order valence-electron chi connectivity index (χ0n) is 20.6. The maximum absolute atomic E-state index is 12.4. The van der Waals surface area contributed by atoms with E-state index in [1.165, 1.54) is 13.0 Å². The van der Waals surface area contributed by atoms with Gasteiger partial charge in [0.2, 0.25) is 11.6 Å². The van der Waals surface area contributed by atoms with Gasteiger partial charge in [-0.3, -0.25) is 14.4 Å². The van der Waals surface area contributed by atoms with Gasteiger partial charge in [-0.2, -0.15) is 0 Å².